The Bertz CT molecular complexity index is 407. The lowest BCUT2D eigenvalue weighted by Gasteiger charge is -2.31. The Hall–Kier alpha value is -1.36. The van der Waals surface area contributed by atoms with Gasteiger partial charge in [-0.05, 0) is 38.3 Å². The van der Waals surface area contributed by atoms with Crippen molar-refractivity contribution in [3.63, 3.8) is 0 Å². The van der Waals surface area contributed by atoms with Crippen molar-refractivity contribution in [1.82, 2.24) is 15.1 Å². The topological polar surface area (TPSA) is 72.9 Å². The second-order valence-electron chi connectivity index (χ2n) is 5.15. The molecular weight excluding hydrogens is 228 g/mol. The highest BCUT2D eigenvalue weighted by atomic mass is 16.2. The molecule has 0 aromatic carbocycles. The Kier molecular flexibility index (Phi) is 4.01. The fraction of sp³-hybridized carbons (Fsp3) is 0.692. The highest BCUT2D eigenvalue weighted by Crippen LogP contribution is 2.23. The van der Waals surface area contributed by atoms with Crippen LogP contribution in [0.5, 0.6) is 0 Å². The zero-order chi connectivity index (χ0) is 13.1. The Balaban J connectivity index is 2.01. The first-order chi connectivity index (χ1) is 8.61. The largest absolute Gasteiger partial charge is 0.348 e. The quantitative estimate of drug-likeness (QED) is 0.839. The van der Waals surface area contributed by atoms with Gasteiger partial charge in [-0.15, -0.1) is 0 Å². The number of rotatable bonds is 3. The lowest BCUT2D eigenvalue weighted by molar-refractivity contribution is 0.0902. The molecule has 5 nitrogen and oxygen atoms in total. The molecule has 1 saturated carbocycles. The Morgan fingerprint density at radius 3 is 2.89 bits per heavy atom. The van der Waals surface area contributed by atoms with Gasteiger partial charge >= 0.3 is 0 Å². The summed E-state index contributed by atoms with van der Waals surface area (Å²) in [5, 5.41) is 7.28. The summed E-state index contributed by atoms with van der Waals surface area (Å²) in [4.78, 5) is 12.1. The number of carbonyl (C=O) groups is 1. The maximum Gasteiger partial charge on any atom is 0.272 e. The predicted octanol–water partition coefficient (Wildman–Crippen LogP) is 0.976. The summed E-state index contributed by atoms with van der Waals surface area (Å²) in [5.41, 5.74) is 7.25. The zero-order valence-corrected chi connectivity index (χ0v) is 11.1. The van der Waals surface area contributed by atoms with Crippen LogP contribution in [0.2, 0.25) is 0 Å². The smallest absolute Gasteiger partial charge is 0.272 e. The molecule has 5 heteroatoms. The van der Waals surface area contributed by atoms with Crippen LogP contribution in [0.25, 0.3) is 0 Å². The second-order valence-corrected chi connectivity index (χ2v) is 5.15. The van der Waals surface area contributed by atoms with E-state index in [1.165, 1.54) is 12.8 Å². The molecule has 1 amide bonds. The highest BCUT2D eigenvalue weighted by Gasteiger charge is 2.26. The van der Waals surface area contributed by atoms with E-state index < -0.39 is 0 Å². The van der Waals surface area contributed by atoms with E-state index in [1.807, 2.05) is 20.0 Å². The maximum atomic E-state index is 12.1. The van der Waals surface area contributed by atoms with E-state index in [0.29, 0.717) is 18.2 Å². The van der Waals surface area contributed by atoms with Gasteiger partial charge in [-0.25, -0.2) is 0 Å². The molecule has 0 aliphatic heterocycles. The molecule has 0 radical (unpaired) electrons. The normalized spacial score (nSPS) is 23.9. The minimum atomic E-state index is -0.0796. The van der Waals surface area contributed by atoms with Gasteiger partial charge in [0.25, 0.3) is 5.91 Å². The summed E-state index contributed by atoms with van der Waals surface area (Å²) in [6, 6.07) is 2.02. The average molecular weight is 250 g/mol. The van der Waals surface area contributed by atoms with Crippen molar-refractivity contribution in [1.29, 1.82) is 0 Å². The van der Waals surface area contributed by atoms with Gasteiger partial charge < -0.3 is 11.1 Å². The van der Waals surface area contributed by atoms with Crippen LogP contribution in [-0.4, -0.2) is 28.3 Å². The number of carbonyl (C=O) groups excluding carboxylic acids is 1. The van der Waals surface area contributed by atoms with E-state index in [1.54, 1.807) is 4.68 Å². The molecule has 100 valence electrons. The average Bonchev–Trinajstić information content (AvgIpc) is 2.70. The molecule has 2 unspecified atom stereocenters. The SMILES string of the molecule is Cc1cc(C(=O)NC2CCCCC2CN)nn1C. The van der Waals surface area contributed by atoms with Crippen molar-refractivity contribution >= 4 is 5.91 Å². The van der Waals surface area contributed by atoms with E-state index in [-0.39, 0.29) is 11.9 Å². The molecule has 0 spiro atoms. The Morgan fingerprint density at radius 1 is 1.56 bits per heavy atom. The summed E-state index contributed by atoms with van der Waals surface area (Å²) in [6.45, 7) is 2.58. The fourth-order valence-electron chi connectivity index (χ4n) is 2.59. The minimum absolute atomic E-state index is 0.0796. The molecule has 1 heterocycles. The van der Waals surface area contributed by atoms with E-state index in [4.69, 9.17) is 5.73 Å². The van der Waals surface area contributed by atoms with Crippen LogP contribution in [0.3, 0.4) is 0 Å². The molecule has 18 heavy (non-hydrogen) atoms. The van der Waals surface area contributed by atoms with Crippen LogP contribution in [0.4, 0.5) is 0 Å². The lowest BCUT2D eigenvalue weighted by Crippen LogP contribution is -2.44. The highest BCUT2D eigenvalue weighted by molar-refractivity contribution is 5.92. The van der Waals surface area contributed by atoms with Crippen molar-refractivity contribution in [2.45, 2.75) is 38.6 Å². The van der Waals surface area contributed by atoms with Crippen LogP contribution >= 0.6 is 0 Å². The number of aryl methyl sites for hydroxylation is 2. The van der Waals surface area contributed by atoms with Gasteiger partial charge in [-0.3, -0.25) is 9.48 Å². The molecule has 3 N–H and O–H groups in total. The third-order valence-corrected chi connectivity index (χ3v) is 3.87. The van der Waals surface area contributed by atoms with Crippen LogP contribution in [-0.2, 0) is 7.05 Å². The Labute approximate surface area is 108 Å². The van der Waals surface area contributed by atoms with E-state index in [9.17, 15) is 4.79 Å². The molecular formula is C13H22N4O. The van der Waals surface area contributed by atoms with E-state index in [0.717, 1.165) is 18.5 Å². The first-order valence-corrected chi connectivity index (χ1v) is 6.63. The zero-order valence-electron chi connectivity index (χ0n) is 11.1. The number of amides is 1. The third kappa shape index (κ3) is 2.72. The third-order valence-electron chi connectivity index (χ3n) is 3.87. The van der Waals surface area contributed by atoms with Gasteiger partial charge in [0.1, 0.15) is 5.69 Å². The summed E-state index contributed by atoms with van der Waals surface area (Å²) >= 11 is 0. The van der Waals surface area contributed by atoms with Gasteiger partial charge in [0, 0.05) is 18.8 Å². The summed E-state index contributed by atoms with van der Waals surface area (Å²) < 4.78 is 1.72. The maximum absolute atomic E-state index is 12.1. The monoisotopic (exact) mass is 250 g/mol. The van der Waals surface area contributed by atoms with Gasteiger partial charge in [0.05, 0.1) is 0 Å². The fourth-order valence-corrected chi connectivity index (χ4v) is 2.59. The molecule has 1 fully saturated rings. The van der Waals surface area contributed by atoms with Crippen molar-refractivity contribution in [2.24, 2.45) is 18.7 Å². The summed E-state index contributed by atoms with van der Waals surface area (Å²) in [5.74, 6) is 0.330. The van der Waals surface area contributed by atoms with Crippen LogP contribution in [0.1, 0.15) is 41.9 Å². The molecule has 0 saturated heterocycles. The number of hydrogen-bond acceptors (Lipinski definition) is 3. The Morgan fingerprint density at radius 2 is 2.28 bits per heavy atom. The van der Waals surface area contributed by atoms with Gasteiger partial charge in [-0.2, -0.15) is 5.10 Å². The molecule has 1 aromatic heterocycles. The second kappa shape index (κ2) is 5.52. The number of nitrogens with one attached hydrogen (secondary N) is 1. The molecule has 1 aliphatic carbocycles. The van der Waals surface area contributed by atoms with Crippen molar-refractivity contribution in [3.8, 4) is 0 Å². The molecule has 1 aliphatic rings. The summed E-state index contributed by atoms with van der Waals surface area (Å²) in [7, 11) is 1.84. The van der Waals surface area contributed by atoms with E-state index in [2.05, 4.69) is 10.4 Å². The minimum Gasteiger partial charge on any atom is -0.348 e. The summed E-state index contributed by atoms with van der Waals surface area (Å²) in [6.07, 6.45) is 4.53. The molecule has 2 rings (SSSR count). The number of nitrogens with zero attached hydrogens (tertiary/aromatic N) is 2. The first-order valence-electron chi connectivity index (χ1n) is 6.63. The van der Waals surface area contributed by atoms with Gasteiger partial charge in [0.15, 0.2) is 0 Å². The number of aromatic nitrogens is 2. The molecule has 2 atom stereocenters. The lowest BCUT2D eigenvalue weighted by atomic mass is 9.84. The van der Waals surface area contributed by atoms with Crippen LogP contribution < -0.4 is 11.1 Å². The number of nitrogens with two attached hydrogens (primary N) is 1. The first kappa shape index (κ1) is 13.1. The number of hydrogen-bond donors (Lipinski definition) is 2. The molecule has 1 aromatic rings. The van der Waals surface area contributed by atoms with Crippen molar-refractivity contribution < 1.29 is 4.79 Å². The molecule has 0 bridgehead atoms. The van der Waals surface area contributed by atoms with Gasteiger partial charge in [0.2, 0.25) is 0 Å². The van der Waals surface area contributed by atoms with E-state index >= 15 is 0 Å². The predicted molar refractivity (Wildman–Crippen MR) is 70.2 cm³/mol. The van der Waals surface area contributed by atoms with Crippen molar-refractivity contribution in [2.75, 3.05) is 6.54 Å². The van der Waals surface area contributed by atoms with Crippen molar-refractivity contribution in [3.05, 3.63) is 17.5 Å². The van der Waals surface area contributed by atoms with Crippen LogP contribution in [0, 0.1) is 12.8 Å². The van der Waals surface area contributed by atoms with Gasteiger partial charge in [-0.1, -0.05) is 12.8 Å². The van der Waals surface area contributed by atoms with Crippen LogP contribution in [0.15, 0.2) is 6.07 Å². The standard InChI is InChI=1S/C13H22N4O/c1-9-7-12(16-17(9)2)13(18)15-11-6-4-3-5-10(11)8-14/h7,10-11H,3-6,8,14H2,1-2H3,(H,15,18).